The number of carbonyl (C=O) groups is 2. The average Bonchev–Trinajstić information content (AvgIpc) is 2.89. The molecular formula is C17H21N3O4. The molecule has 1 aliphatic heterocycles. The minimum Gasteiger partial charge on any atom is -0.377 e. The zero-order chi connectivity index (χ0) is 17.3. The van der Waals surface area contributed by atoms with Gasteiger partial charge in [0, 0.05) is 31.0 Å². The van der Waals surface area contributed by atoms with E-state index < -0.39 is 0 Å². The molecule has 1 aromatic carbocycles. The molecule has 128 valence electrons. The van der Waals surface area contributed by atoms with Gasteiger partial charge in [-0.2, -0.15) is 0 Å². The molecule has 0 bridgehead atoms. The first-order valence-electron chi connectivity index (χ1n) is 8.32. The monoisotopic (exact) mass is 331 g/mol. The maximum absolute atomic E-state index is 11.8. The fourth-order valence-corrected chi connectivity index (χ4v) is 3.61. The van der Waals surface area contributed by atoms with E-state index >= 15 is 0 Å². The largest absolute Gasteiger partial charge is 0.377 e. The van der Waals surface area contributed by atoms with Crippen LogP contribution in [0.4, 0.5) is 11.4 Å². The predicted octanol–water partition coefficient (Wildman–Crippen LogP) is 2.78. The first-order chi connectivity index (χ1) is 11.5. The summed E-state index contributed by atoms with van der Waals surface area (Å²) in [6.45, 7) is 1.83. The average molecular weight is 331 g/mol. The van der Waals surface area contributed by atoms with Gasteiger partial charge in [-0.25, -0.2) is 0 Å². The summed E-state index contributed by atoms with van der Waals surface area (Å²) in [5, 5.41) is 14.5. The molecule has 2 fully saturated rings. The topological polar surface area (TPSA) is 92.6 Å². The summed E-state index contributed by atoms with van der Waals surface area (Å²) in [4.78, 5) is 35.9. The Morgan fingerprint density at radius 2 is 1.75 bits per heavy atom. The van der Waals surface area contributed by atoms with E-state index in [-0.39, 0.29) is 34.5 Å². The molecule has 0 unspecified atom stereocenters. The molecule has 2 aliphatic rings. The van der Waals surface area contributed by atoms with Gasteiger partial charge in [-0.1, -0.05) is 6.07 Å². The molecule has 7 heteroatoms. The number of rotatable bonds is 4. The van der Waals surface area contributed by atoms with E-state index in [1.54, 1.807) is 12.1 Å². The SMILES string of the molecule is Cc1ccc(NC2CCC(N3C(=O)CCC3=O)CC2)c([N+](=O)[O-])c1. The molecular weight excluding hydrogens is 310 g/mol. The van der Waals surface area contributed by atoms with Crippen molar-refractivity contribution in [1.82, 2.24) is 4.90 Å². The second-order valence-corrected chi connectivity index (χ2v) is 6.58. The number of nitro groups is 1. The Morgan fingerprint density at radius 1 is 1.12 bits per heavy atom. The Morgan fingerprint density at radius 3 is 2.33 bits per heavy atom. The molecule has 3 rings (SSSR count). The van der Waals surface area contributed by atoms with Crippen LogP contribution in [-0.4, -0.2) is 33.7 Å². The Balaban J connectivity index is 1.63. The van der Waals surface area contributed by atoms with Crippen LogP contribution in [0.5, 0.6) is 0 Å². The summed E-state index contributed by atoms with van der Waals surface area (Å²) in [7, 11) is 0. The van der Waals surface area contributed by atoms with Gasteiger partial charge >= 0.3 is 0 Å². The van der Waals surface area contributed by atoms with Crippen molar-refractivity contribution < 1.29 is 14.5 Å². The third-order valence-corrected chi connectivity index (χ3v) is 4.86. The van der Waals surface area contributed by atoms with Crippen LogP contribution in [0.15, 0.2) is 18.2 Å². The van der Waals surface area contributed by atoms with Crippen LogP contribution in [0.2, 0.25) is 0 Å². The van der Waals surface area contributed by atoms with Gasteiger partial charge in [0.25, 0.3) is 5.69 Å². The quantitative estimate of drug-likeness (QED) is 0.520. The molecule has 0 spiro atoms. The molecule has 1 saturated heterocycles. The fraction of sp³-hybridized carbons (Fsp3) is 0.529. The van der Waals surface area contributed by atoms with Gasteiger partial charge in [-0.05, 0) is 44.2 Å². The number of benzene rings is 1. The van der Waals surface area contributed by atoms with Crippen molar-refractivity contribution in [1.29, 1.82) is 0 Å². The highest BCUT2D eigenvalue weighted by Crippen LogP contribution is 2.32. The maximum atomic E-state index is 11.8. The predicted molar refractivity (Wildman–Crippen MR) is 88.6 cm³/mol. The van der Waals surface area contributed by atoms with E-state index in [9.17, 15) is 19.7 Å². The van der Waals surface area contributed by atoms with E-state index in [0.29, 0.717) is 18.5 Å². The maximum Gasteiger partial charge on any atom is 0.292 e. The number of nitrogens with one attached hydrogen (secondary N) is 1. The Bertz CT molecular complexity index is 664. The zero-order valence-electron chi connectivity index (χ0n) is 13.7. The van der Waals surface area contributed by atoms with Crippen LogP contribution in [0.1, 0.15) is 44.1 Å². The highest BCUT2D eigenvalue weighted by molar-refractivity contribution is 6.02. The van der Waals surface area contributed by atoms with E-state index in [4.69, 9.17) is 0 Å². The van der Waals surface area contributed by atoms with Crippen molar-refractivity contribution in [3.8, 4) is 0 Å². The van der Waals surface area contributed by atoms with Crippen molar-refractivity contribution in [2.75, 3.05) is 5.32 Å². The molecule has 24 heavy (non-hydrogen) atoms. The number of carbonyl (C=O) groups excluding carboxylic acids is 2. The fourth-order valence-electron chi connectivity index (χ4n) is 3.61. The van der Waals surface area contributed by atoms with Crippen LogP contribution >= 0.6 is 0 Å². The highest BCUT2D eigenvalue weighted by atomic mass is 16.6. The van der Waals surface area contributed by atoms with Gasteiger partial charge in [0.1, 0.15) is 5.69 Å². The smallest absolute Gasteiger partial charge is 0.292 e. The number of hydrogen-bond donors (Lipinski definition) is 1. The number of nitro benzene ring substituents is 1. The third kappa shape index (κ3) is 3.25. The summed E-state index contributed by atoms with van der Waals surface area (Å²) < 4.78 is 0. The molecule has 0 atom stereocenters. The summed E-state index contributed by atoms with van der Waals surface area (Å²) >= 11 is 0. The molecule has 1 saturated carbocycles. The summed E-state index contributed by atoms with van der Waals surface area (Å²) in [6.07, 6.45) is 3.71. The number of imide groups is 1. The third-order valence-electron chi connectivity index (χ3n) is 4.86. The van der Waals surface area contributed by atoms with Crippen molar-refractivity contribution >= 4 is 23.2 Å². The normalized spacial score (nSPS) is 24.3. The van der Waals surface area contributed by atoms with Gasteiger partial charge in [0.05, 0.1) is 4.92 Å². The molecule has 2 amide bonds. The minimum atomic E-state index is -0.372. The van der Waals surface area contributed by atoms with E-state index in [1.165, 1.54) is 4.90 Å². The first kappa shape index (κ1) is 16.4. The second kappa shape index (κ2) is 6.59. The van der Waals surface area contributed by atoms with Crippen LogP contribution in [-0.2, 0) is 9.59 Å². The Labute approximate surface area is 140 Å². The first-order valence-corrected chi connectivity index (χ1v) is 8.32. The lowest BCUT2D eigenvalue weighted by Crippen LogP contribution is -2.43. The van der Waals surface area contributed by atoms with Crippen LogP contribution in [0.3, 0.4) is 0 Å². The van der Waals surface area contributed by atoms with E-state index in [2.05, 4.69) is 5.32 Å². The van der Waals surface area contributed by atoms with E-state index in [0.717, 1.165) is 31.2 Å². The van der Waals surface area contributed by atoms with E-state index in [1.807, 2.05) is 13.0 Å². The number of anilines is 1. The van der Waals surface area contributed by atoms with Crippen molar-refractivity contribution in [2.24, 2.45) is 0 Å². The summed E-state index contributed by atoms with van der Waals surface area (Å²) in [6, 6.07) is 5.26. The zero-order valence-corrected chi connectivity index (χ0v) is 13.7. The molecule has 0 radical (unpaired) electrons. The van der Waals surface area contributed by atoms with Gasteiger partial charge in [0.15, 0.2) is 0 Å². The highest BCUT2D eigenvalue weighted by Gasteiger charge is 2.37. The number of aryl methyl sites for hydroxylation is 1. The minimum absolute atomic E-state index is 0.0152. The molecule has 1 N–H and O–H groups in total. The second-order valence-electron chi connectivity index (χ2n) is 6.58. The van der Waals surface area contributed by atoms with Crippen molar-refractivity contribution in [3.63, 3.8) is 0 Å². The van der Waals surface area contributed by atoms with Crippen LogP contribution in [0.25, 0.3) is 0 Å². The molecule has 1 heterocycles. The number of likely N-dealkylation sites (tertiary alicyclic amines) is 1. The summed E-state index contributed by atoms with van der Waals surface area (Å²) in [5.41, 5.74) is 1.46. The lowest BCUT2D eigenvalue weighted by molar-refractivity contribution is -0.384. The lowest BCUT2D eigenvalue weighted by Gasteiger charge is -2.34. The Hall–Kier alpha value is -2.44. The van der Waals surface area contributed by atoms with Crippen molar-refractivity contribution in [2.45, 2.75) is 57.5 Å². The molecule has 1 aromatic rings. The Kier molecular flexibility index (Phi) is 4.51. The standard InChI is InChI=1S/C17H21N3O4/c1-11-2-7-14(15(10-11)20(23)24)18-12-3-5-13(6-4-12)19-16(21)8-9-17(19)22/h2,7,10,12-13,18H,3-6,8-9H2,1H3. The summed E-state index contributed by atoms with van der Waals surface area (Å²) in [5.74, 6) is -0.129. The van der Waals surface area contributed by atoms with Gasteiger partial charge in [-0.15, -0.1) is 0 Å². The van der Waals surface area contributed by atoms with Crippen molar-refractivity contribution in [3.05, 3.63) is 33.9 Å². The van der Waals surface area contributed by atoms with Gasteiger partial charge in [-0.3, -0.25) is 24.6 Å². The number of amides is 2. The van der Waals surface area contributed by atoms with Gasteiger partial charge < -0.3 is 5.32 Å². The lowest BCUT2D eigenvalue weighted by atomic mass is 9.90. The van der Waals surface area contributed by atoms with Crippen LogP contribution in [0, 0.1) is 17.0 Å². The molecule has 7 nitrogen and oxygen atoms in total. The van der Waals surface area contributed by atoms with Gasteiger partial charge in [0.2, 0.25) is 11.8 Å². The molecule has 1 aliphatic carbocycles. The number of hydrogen-bond acceptors (Lipinski definition) is 5. The van der Waals surface area contributed by atoms with Crippen LogP contribution < -0.4 is 5.32 Å². The number of nitrogens with zero attached hydrogens (tertiary/aromatic N) is 2. The molecule has 0 aromatic heterocycles.